The van der Waals surface area contributed by atoms with Crippen molar-refractivity contribution in [2.75, 3.05) is 13.2 Å². The molecule has 0 bridgehead atoms. The van der Waals surface area contributed by atoms with Crippen LogP contribution in [0.25, 0.3) is 0 Å². The number of benzene rings is 1. The van der Waals surface area contributed by atoms with Crippen molar-refractivity contribution in [1.82, 2.24) is 5.32 Å². The van der Waals surface area contributed by atoms with Gasteiger partial charge in [0.05, 0.1) is 6.61 Å². The molecule has 4 nitrogen and oxygen atoms in total. The Labute approximate surface area is 82.8 Å². The summed E-state index contributed by atoms with van der Waals surface area (Å²) in [6, 6.07) is 4.42. The highest BCUT2D eigenvalue weighted by molar-refractivity contribution is 5.40. The Morgan fingerprint density at radius 3 is 2.64 bits per heavy atom. The first-order valence-corrected chi connectivity index (χ1v) is 4.51. The summed E-state index contributed by atoms with van der Waals surface area (Å²) in [6.45, 7) is 2.41. The van der Waals surface area contributed by atoms with E-state index < -0.39 is 0 Å². The maximum atomic E-state index is 9.50. The SMILES string of the molecule is CC(NCCO)c1ccc(O)cc1O. The number of phenols is 2. The molecule has 1 rings (SSSR count). The minimum absolute atomic E-state index is 0.0422. The molecule has 0 aromatic heterocycles. The topological polar surface area (TPSA) is 72.7 Å². The van der Waals surface area contributed by atoms with Crippen molar-refractivity contribution < 1.29 is 15.3 Å². The van der Waals surface area contributed by atoms with Crippen LogP contribution in [-0.4, -0.2) is 28.5 Å². The Balaban J connectivity index is 2.74. The molecule has 1 atom stereocenters. The van der Waals surface area contributed by atoms with Crippen molar-refractivity contribution >= 4 is 0 Å². The number of hydrogen-bond donors (Lipinski definition) is 4. The van der Waals surface area contributed by atoms with Crippen LogP contribution in [0.5, 0.6) is 11.5 Å². The van der Waals surface area contributed by atoms with Crippen LogP contribution in [0.2, 0.25) is 0 Å². The third-order valence-electron chi connectivity index (χ3n) is 2.04. The maximum absolute atomic E-state index is 9.50. The van der Waals surface area contributed by atoms with Crippen molar-refractivity contribution in [2.45, 2.75) is 13.0 Å². The summed E-state index contributed by atoms with van der Waals surface area (Å²) in [4.78, 5) is 0. The third kappa shape index (κ3) is 2.61. The minimum Gasteiger partial charge on any atom is -0.508 e. The van der Waals surface area contributed by atoms with Crippen molar-refractivity contribution in [2.24, 2.45) is 0 Å². The van der Waals surface area contributed by atoms with Gasteiger partial charge in [0.25, 0.3) is 0 Å². The lowest BCUT2D eigenvalue weighted by molar-refractivity contribution is 0.285. The van der Waals surface area contributed by atoms with Crippen molar-refractivity contribution in [3.05, 3.63) is 23.8 Å². The van der Waals surface area contributed by atoms with E-state index >= 15 is 0 Å². The average Bonchev–Trinajstić information content (AvgIpc) is 2.14. The second kappa shape index (κ2) is 4.83. The summed E-state index contributed by atoms with van der Waals surface area (Å²) in [5, 5.41) is 30.2. The van der Waals surface area contributed by atoms with E-state index in [9.17, 15) is 5.11 Å². The minimum atomic E-state index is -0.0530. The molecule has 78 valence electrons. The summed E-state index contributed by atoms with van der Waals surface area (Å²) >= 11 is 0. The van der Waals surface area contributed by atoms with Gasteiger partial charge in [0.2, 0.25) is 0 Å². The second-order valence-corrected chi connectivity index (χ2v) is 3.14. The maximum Gasteiger partial charge on any atom is 0.124 e. The van der Waals surface area contributed by atoms with Gasteiger partial charge in [0, 0.05) is 24.2 Å². The first-order valence-electron chi connectivity index (χ1n) is 4.51. The predicted molar refractivity (Wildman–Crippen MR) is 53.3 cm³/mol. The van der Waals surface area contributed by atoms with Crippen molar-refractivity contribution in [1.29, 1.82) is 0 Å². The molecule has 0 saturated heterocycles. The molecule has 4 heteroatoms. The molecule has 14 heavy (non-hydrogen) atoms. The Morgan fingerprint density at radius 2 is 2.07 bits per heavy atom. The molecule has 0 radical (unpaired) electrons. The molecule has 0 aliphatic rings. The smallest absolute Gasteiger partial charge is 0.124 e. The number of aliphatic hydroxyl groups is 1. The first kappa shape index (κ1) is 10.8. The van der Waals surface area contributed by atoms with E-state index in [-0.39, 0.29) is 24.1 Å². The Bertz CT molecular complexity index is 301. The summed E-state index contributed by atoms with van der Waals surface area (Å²) in [6.07, 6.45) is 0. The first-order chi connectivity index (χ1) is 6.65. The van der Waals surface area contributed by atoms with Gasteiger partial charge in [-0.1, -0.05) is 6.07 Å². The number of nitrogens with one attached hydrogen (secondary N) is 1. The van der Waals surface area contributed by atoms with E-state index in [4.69, 9.17) is 10.2 Å². The molecule has 0 saturated carbocycles. The molecule has 0 fully saturated rings. The van der Waals surface area contributed by atoms with Gasteiger partial charge in [-0.2, -0.15) is 0 Å². The van der Waals surface area contributed by atoms with Crippen LogP contribution < -0.4 is 5.32 Å². The number of phenolic OH excluding ortho intramolecular Hbond substituents is 2. The summed E-state index contributed by atoms with van der Waals surface area (Å²) in [5.41, 5.74) is 0.705. The van der Waals surface area contributed by atoms with E-state index in [2.05, 4.69) is 5.32 Å². The highest BCUT2D eigenvalue weighted by Crippen LogP contribution is 2.27. The molecule has 1 unspecified atom stereocenters. The normalized spacial score (nSPS) is 12.7. The van der Waals surface area contributed by atoms with E-state index in [1.807, 2.05) is 6.92 Å². The monoisotopic (exact) mass is 197 g/mol. The van der Waals surface area contributed by atoms with Gasteiger partial charge in [-0.25, -0.2) is 0 Å². The Hall–Kier alpha value is -1.26. The van der Waals surface area contributed by atoms with Crippen LogP contribution >= 0.6 is 0 Å². The van der Waals surface area contributed by atoms with Gasteiger partial charge < -0.3 is 20.6 Å². The Morgan fingerprint density at radius 1 is 1.36 bits per heavy atom. The molecule has 0 aliphatic heterocycles. The summed E-state index contributed by atoms with van der Waals surface area (Å²) in [5.74, 6) is 0.101. The van der Waals surface area contributed by atoms with E-state index in [0.717, 1.165) is 0 Å². The predicted octanol–water partition coefficient (Wildman–Crippen LogP) is 0.741. The van der Waals surface area contributed by atoms with E-state index in [1.165, 1.54) is 12.1 Å². The van der Waals surface area contributed by atoms with Crippen LogP contribution in [0.4, 0.5) is 0 Å². The van der Waals surface area contributed by atoms with Gasteiger partial charge in [0.15, 0.2) is 0 Å². The molecule has 0 heterocycles. The van der Waals surface area contributed by atoms with Crippen molar-refractivity contribution in [3.63, 3.8) is 0 Å². The van der Waals surface area contributed by atoms with Gasteiger partial charge in [-0.15, -0.1) is 0 Å². The lowest BCUT2D eigenvalue weighted by Gasteiger charge is -2.14. The zero-order valence-electron chi connectivity index (χ0n) is 8.07. The highest BCUT2D eigenvalue weighted by atomic mass is 16.3. The number of aliphatic hydroxyl groups excluding tert-OH is 1. The third-order valence-corrected chi connectivity index (χ3v) is 2.04. The molecule has 4 N–H and O–H groups in total. The van der Waals surface area contributed by atoms with Crippen LogP contribution in [0, 0.1) is 0 Å². The quantitative estimate of drug-likeness (QED) is 0.574. The number of hydrogen-bond acceptors (Lipinski definition) is 4. The molecule has 0 amide bonds. The lowest BCUT2D eigenvalue weighted by atomic mass is 10.1. The lowest BCUT2D eigenvalue weighted by Crippen LogP contribution is -2.22. The van der Waals surface area contributed by atoms with E-state index in [1.54, 1.807) is 6.07 Å². The van der Waals surface area contributed by atoms with Crippen LogP contribution in [0.1, 0.15) is 18.5 Å². The summed E-state index contributed by atoms with van der Waals surface area (Å²) in [7, 11) is 0. The fraction of sp³-hybridized carbons (Fsp3) is 0.400. The molecular formula is C10H15NO3. The van der Waals surface area contributed by atoms with Gasteiger partial charge in [-0.3, -0.25) is 0 Å². The number of rotatable bonds is 4. The largest absolute Gasteiger partial charge is 0.508 e. The number of aromatic hydroxyl groups is 2. The fourth-order valence-corrected chi connectivity index (χ4v) is 1.29. The van der Waals surface area contributed by atoms with Crippen molar-refractivity contribution in [3.8, 4) is 11.5 Å². The zero-order chi connectivity index (χ0) is 10.6. The van der Waals surface area contributed by atoms with E-state index in [0.29, 0.717) is 12.1 Å². The molecule has 1 aromatic carbocycles. The molecule has 0 spiro atoms. The van der Waals surface area contributed by atoms with Crippen LogP contribution in [-0.2, 0) is 0 Å². The second-order valence-electron chi connectivity index (χ2n) is 3.14. The molecular weight excluding hydrogens is 182 g/mol. The van der Waals surface area contributed by atoms with Gasteiger partial charge in [-0.05, 0) is 13.0 Å². The highest BCUT2D eigenvalue weighted by Gasteiger charge is 2.09. The molecule has 1 aromatic rings. The molecule has 0 aliphatic carbocycles. The van der Waals surface area contributed by atoms with Gasteiger partial charge >= 0.3 is 0 Å². The standard InChI is InChI=1S/C10H15NO3/c1-7(11-4-5-12)9-3-2-8(13)6-10(9)14/h2-3,6-7,11-14H,4-5H2,1H3. The summed E-state index contributed by atoms with van der Waals surface area (Å²) < 4.78 is 0. The van der Waals surface area contributed by atoms with Gasteiger partial charge in [0.1, 0.15) is 11.5 Å². The van der Waals surface area contributed by atoms with Crippen LogP contribution in [0.3, 0.4) is 0 Å². The average molecular weight is 197 g/mol. The van der Waals surface area contributed by atoms with Crippen LogP contribution in [0.15, 0.2) is 18.2 Å². The zero-order valence-corrected chi connectivity index (χ0v) is 8.07. The fourth-order valence-electron chi connectivity index (χ4n) is 1.29. The Kier molecular flexibility index (Phi) is 3.73.